The van der Waals surface area contributed by atoms with Gasteiger partial charge >= 0.3 is 0 Å². The van der Waals surface area contributed by atoms with Gasteiger partial charge in [-0.15, -0.1) is 0 Å². The minimum Gasteiger partial charge on any atom is -0.375 e. The predicted molar refractivity (Wildman–Crippen MR) is 45.6 cm³/mol. The van der Waals surface area contributed by atoms with Crippen LogP contribution in [0.3, 0.4) is 0 Å². The van der Waals surface area contributed by atoms with Gasteiger partial charge in [0.1, 0.15) is 18.3 Å². The molecule has 2 aliphatic heterocycles. The fourth-order valence-electron chi connectivity index (χ4n) is 1.88. The SMILES string of the molecule is CO[C@@H]1C(C=O)O[C@@H]2OC(C)(C)O[C@@H]21. The Morgan fingerprint density at radius 2 is 2.07 bits per heavy atom. The summed E-state index contributed by atoms with van der Waals surface area (Å²) in [6.07, 6.45) is -1.06. The lowest BCUT2D eigenvalue weighted by Gasteiger charge is -2.22. The van der Waals surface area contributed by atoms with E-state index in [0.717, 1.165) is 0 Å². The van der Waals surface area contributed by atoms with Crippen LogP contribution in [0, 0.1) is 0 Å². The third-order valence-corrected chi connectivity index (χ3v) is 2.43. The van der Waals surface area contributed by atoms with Crippen molar-refractivity contribution < 1.29 is 23.7 Å². The highest BCUT2D eigenvalue weighted by molar-refractivity contribution is 5.58. The molecule has 2 aliphatic rings. The van der Waals surface area contributed by atoms with Crippen molar-refractivity contribution in [2.24, 2.45) is 0 Å². The van der Waals surface area contributed by atoms with Crippen LogP contribution in [0.2, 0.25) is 0 Å². The van der Waals surface area contributed by atoms with Crippen LogP contribution in [0.1, 0.15) is 13.8 Å². The molecule has 2 fully saturated rings. The molecule has 0 radical (unpaired) electrons. The first kappa shape index (κ1) is 10.0. The van der Waals surface area contributed by atoms with Crippen LogP contribution in [0.25, 0.3) is 0 Å². The van der Waals surface area contributed by atoms with Gasteiger partial charge in [-0.1, -0.05) is 0 Å². The van der Waals surface area contributed by atoms with Crippen molar-refractivity contribution in [2.45, 2.75) is 44.2 Å². The molecule has 0 aliphatic carbocycles. The zero-order chi connectivity index (χ0) is 10.3. The third-order valence-electron chi connectivity index (χ3n) is 2.43. The summed E-state index contributed by atoms with van der Waals surface area (Å²) < 4.78 is 21.5. The lowest BCUT2D eigenvalue weighted by atomic mass is 10.1. The predicted octanol–water partition coefficient (Wildman–Crippen LogP) is 0.0767. The van der Waals surface area contributed by atoms with E-state index in [4.69, 9.17) is 18.9 Å². The van der Waals surface area contributed by atoms with E-state index in [-0.39, 0.29) is 12.2 Å². The van der Waals surface area contributed by atoms with E-state index in [0.29, 0.717) is 6.29 Å². The lowest BCUT2D eigenvalue weighted by molar-refractivity contribution is -0.213. The number of fused-ring (bicyclic) bond motifs is 1. The molecule has 80 valence electrons. The molecule has 0 N–H and O–H groups in total. The Labute approximate surface area is 82.3 Å². The minimum atomic E-state index is -0.667. The number of carbonyl (C=O) groups is 1. The van der Waals surface area contributed by atoms with E-state index in [2.05, 4.69) is 0 Å². The van der Waals surface area contributed by atoms with Gasteiger partial charge in [0.2, 0.25) is 0 Å². The van der Waals surface area contributed by atoms with Crippen molar-refractivity contribution in [3.05, 3.63) is 0 Å². The molecule has 14 heavy (non-hydrogen) atoms. The van der Waals surface area contributed by atoms with Crippen molar-refractivity contribution in [2.75, 3.05) is 7.11 Å². The molecule has 0 aromatic carbocycles. The van der Waals surface area contributed by atoms with Gasteiger partial charge in [0, 0.05) is 7.11 Å². The van der Waals surface area contributed by atoms with Crippen molar-refractivity contribution in [1.29, 1.82) is 0 Å². The number of ether oxygens (including phenoxy) is 4. The highest BCUT2D eigenvalue weighted by Gasteiger charge is 2.55. The first-order valence-electron chi connectivity index (χ1n) is 4.56. The molecule has 0 aromatic rings. The molecule has 2 heterocycles. The summed E-state index contributed by atoms with van der Waals surface area (Å²) in [6, 6.07) is 0. The molecule has 0 aromatic heterocycles. The third kappa shape index (κ3) is 1.46. The van der Waals surface area contributed by atoms with Crippen LogP contribution in [0.5, 0.6) is 0 Å². The smallest absolute Gasteiger partial charge is 0.190 e. The summed E-state index contributed by atoms with van der Waals surface area (Å²) in [6.45, 7) is 3.61. The standard InChI is InChI=1S/C9H14O5/c1-9(2)13-7-6(11-3)5(4-10)12-8(7)14-9/h4-8H,1-3H3/t5?,6-,7-,8-/m1/s1. The molecule has 0 amide bonds. The Balaban J connectivity index is 2.13. The first-order valence-corrected chi connectivity index (χ1v) is 4.56. The number of carbonyl (C=O) groups excluding carboxylic acids is 1. The maximum Gasteiger partial charge on any atom is 0.190 e. The summed E-state index contributed by atoms with van der Waals surface area (Å²) in [5.41, 5.74) is 0. The Morgan fingerprint density at radius 1 is 1.36 bits per heavy atom. The second kappa shape index (κ2) is 3.27. The fourth-order valence-corrected chi connectivity index (χ4v) is 1.88. The van der Waals surface area contributed by atoms with Crippen LogP contribution >= 0.6 is 0 Å². The zero-order valence-electron chi connectivity index (χ0n) is 8.43. The largest absolute Gasteiger partial charge is 0.375 e. The van der Waals surface area contributed by atoms with E-state index < -0.39 is 18.2 Å². The normalized spacial score (nSPS) is 45.1. The second-order valence-corrected chi connectivity index (χ2v) is 3.91. The van der Waals surface area contributed by atoms with Gasteiger partial charge in [0.05, 0.1) is 0 Å². The molecule has 2 saturated heterocycles. The quantitative estimate of drug-likeness (QED) is 0.593. The average Bonchev–Trinajstić information content (AvgIpc) is 2.55. The fraction of sp³-hybridized carbons (Fsp3) is 0.889. The van der Waals surface area contributed by atoms with Gasteiger partial charge in [-0.2, -0.15) is 0 Å². The molecule has 4 atom stereocenters. The van der Waals surface area contributed by atoms with E-state index in [1.807, 2.05) is 0 Å². The number of methoxy groups -OCH3 is 1. The van der Waals surface area contributed by atoms with Crippen LogP contribution in [-0.4, -0.2) is 43.8 Å². The van der Waals surface area contributed by atoms with E-state index in [1.165, 1.54) is 7.11 Å². The molecule has 5 heteroatoms. The van der Waals surface area contributed by atoms with Crippen LogP contribution in [-0.2, 0) is 23.7 Å². The minimum absolute atomic E-state index is 0.315. The number of hydrogen-bond acceptors (Lipinski definition) is 5. The molecule has 5 nitrogen and oxygen atoms in total. The van der Waals surface area contributed by atoms with Crippen LogP contribution < -0.4 is 0 Å². The second-order valence-electron chi connectivity index (χ2n) is 3.91. The zero-order valence-corrected chi connectivity index (χ0v) is 8.43. The summed E-state index contributed by atoms with van der Waals surface area (Å²) in [4.78, 5) is 10.7. The Morgan fingerprint density at radius 3 is 2.64 bits per heavy atom. The molecular weight excluding hydrogens is 188 g/mol. The Kier molecular flexibility index (Phi) is 2.35. The van der Waals surface area contributed by atoms with E-state index in [9.17, 15) is 4.79 Å². The number of hydrogen-bond donors (Lipinski definition) is 0. The summed E-state index contributed by atoms with van der Waals surface area (Å²) >= 11 is 0. The van der Waals surface area contributed by atoms with Gasteiger partial charge in [0.15, 0.2) is 18.4 Å². The topological polar surface area (TPSA) is 54.0 Å². The van der Waals surface area contributed by atoms with Crippen LogP contribution in [0.15, 0.2) is 0 Å². The summed E-state index contributed by atoms with van der Waals surface area (Å²) in [5.74, 6) is -0.667. The summed E-state index contributed by atoms with van der Waals surface area (Å²) in [7, 11) is 1.53. The molecule has 2 rings (SSSR count). The highest BCUT2D eigenvalue weighted by atomic mass is 16.8. The number of rotatable bonds is 2. The molecule has 1 unspecified atom stereocenters. The van der Waals surface area contributed by atoms with Crippen molar-refractivity contribution in [3.63, 3.8) is 0 Å². The van der Waals surface area contributed by atoms with E-state index >= 15 is 0 Å². The van der Waals surface area contributed by atoms with Gasteiger partial charge in [0.25, 0.3) is 0 Å². The molecule has 0 bridgehead atoms. The first-order chi connectivity index (χ1) is 6.57. The Bertz CT molecular complexity index is 239. The highest BCUT2D eigenvalue weighted by Crippen LogP contribution is 2.37. The number of aldehydes is 1. The average molecular weight is 202 g/mol. The Hall–Kier alpha value is -0.490. The molecule has 0 spiro atoms. The van der Waals surface area contributed by atoms with E-state index in [1.54, 1.807) is 13.8 Å². The lowest BCUT2D eigenvalue weighted by Crippen LogP contribution is -2.36. The van der Waals surface area contributed by atoms with Gasteiger partial charge in [-0.3, -0.25) is 0 Å². The van der Waals surface area contributed by atoms with Crippen LogP contribution in [0.4, 0.5) is 0 Å². The van der Waals surface area contributed by atoms with Gasteiger partial charge in [-0.05, 0) is 13.8 Å². The molecule has 0 saturated carbocycles. The van der Waals surface area contributed by atoms with Crippen molar-refractivity contribution in [3.8, 4) is 0 Å². The van der Waals surface area contributed by atoms with Crippen molar-refractivity contribution >= 4 is 6.29 Å². The maximum atomic E-state index is 10.7. The summed E-state index contributed by atoms with van der Waals surface area (Å²) in [5, 5.41) is 0. The molecular formula is C9H14O5. The van der Waals surface area contributed by atoms with Gasteiger partial charge < -0.3 is 23.7 Å². The monoisotopic (exact) mass is 202 g/mol. The maximum absolute atomic E-state index is 10.7. The van der Waals surface area contributed by atoms with Gasteiger partial charge in [-0.25, -0.2) is 0 Å². The van der Waals surface area contributed by atoms with Crippen molar-refractivity contribution in [1.82, 2.24) is 0 Å².